The van der Waals surface area contributed by atoms with E-state index in [1.807, 2.05) is 30.3 Å². The van der Waals surface area contributed by atoms with Crippen LogP contribution in [0.1, 0.15) is 5.56 Å². The zero-order valence-electron chi connectivity index (χ0n) is 10.2. The first-order valence-corrected chi connectivity index (χ1v) is 6.15. The third-order valence-electron chi connectivity index (χ3n) is 2.81. The van der Waals surface area contributed by atoms with Crippen LogP contribution in [0.4, 0.5) is 0 Å². The highest BCUT2D eigenvalue weighted by atomic mass is 32.1. The summed E-state index contributed by atoms with van der Waals surface area (Å²) in [5.41, 5.74) is 1.16. The second-order valence-electron chi connectivity index (χ2n) is 4.12. The molecule has 1 atom stereocenters. The Labute approximate surface area is 111 Å². The third-order valence-corrected chi connectivity index (χ3v) is 3.13. The summed E-state index contributed by atoms with van der Waals surface area (Å²) in [5, 5.41) is 0.248. The van der Waals surface area contributed by atoms with Crippen LogP contribution < -0.4 is 0 Å². The highest BCUT2D eigenvalue weighted by Crippen LogP contribution is 2.17. The number of amides is 1. The third kappa shape index (κ3) is 2.86. The molecule has 0 saturated carbocycles. The molecule has 1 aromatic carbocycles. The molecule has 1 saturated heterocycles. The SMILES string of the molecule is COCC(=O)N1C(=S)OC[C@H]1Cc1ccccc1. The van der Waals surface area contributed by atoms with E-state index in [9.17, 15) is 4.79 Å². The van der Waals surface area contributed by atoms with Gasteiger partial charge in [0.05, 0.1) is 6.04 Å². The van der Waals surface area contributed by atoms with Crippen LogP contribution in [-0.4, -0.2) is 42.3 Å². The number of carbonyl (C=O) groups is 1. The Morgan fingerprint density at radius 2 is 2.22 bits per heavy atom. The van der Waals surface area contributed by atoms with E-state index < -0.39 is 0 Å². The molecule has 0 radical (unpaired) electrons. The van der Waals surface area contributed by atoms with E-state index in [0.717, 1.165) is 12.0 Å². The highest BCUT2D eigenvalue weighted by Gasteiger charge is 2.34. The van der Waals surface area contributed by atoms with Gasteiger partial charge in [0.2, 0.25) is 0 Å². The molecule has 0 unspecified atom stereocenters. The lowest BCUT2D eigenvalue weighted by atomic mass is 10.1. The van der Waals surface area contributed by atoms with Crippen LogP contribution in [0.5, 0.6) is 0 Å². The Morgan fingerprint density at radius 1 is 1.50 bits per heavy atom. The van der Waals surface area contributed by atoms with Crippen molar-refractivity contribution in [2.45, 2.75) is 12.5 Å². The minimum atomic E-state index is -0.152. The molecular formula is C13H15NO3S. The van der Waals surface area contributed by atoms with Crippen LogP contribution in [0.2, 0.25) is 0 Å². The van der Waals surface area contributed by atoms with Crippen LogP contribution >= 0.6 is 12.2 Å². The maximum atomic E-state index is 11.9. The van der Waals surface area contributed by atoms with Gasteiger partial charge in [0, 0.05) is 7.11 Å². The van der Waals surface area contributed by atoms with Gasteiger partial charge in [-0.1, -0.05) is 30.3 Å². The fourth-order valence-electron chi connectivity index (χ4n) is 2.00. The molecule has 0 N–H and O–H groups in total. The minimum absolute atomic E-state index is 0.0226. The minimum Gasteiger partial charge on any atom is -0.468 e. The van der Waals surface area contributed by atoms with Gasteiger partial charge in [-0.2, -0.15) is 0 Å². The van der Waals surface area contributed by atoms with Crippen molar-refractivity contribution in [2.24, 2.45) is 0 Å². The molecule has 96 valence electrons. The monoisotopic (exact) mass is 265 g/mol. The van der Waals surface area contributed by atoms with E-state index in [1.54, 1.807) is 0 Å². The summed E-state index contributed by atoms with van der Waals surface area (Å²) < 4.78 is 10.2. The van der Waals surface area contributed by atoms with Crippen molar-refractivity contribution in [3.05, 3.63) is 35.9 Å². The maximum absolute atomic E-state index is 11.9. The summed E-state index contributed by atoms with van der Waals surface area (Å²) in [5.74, 6) is -0.152. The van der Waals surface area contributed by atoms with Crippen molar-refractivity contribution in [1.82, 2.24) is 4.90 Å². The van der Waals surface area contributed by atoms with Crippen molar-refractivity contribution in [1.29, 1.82) is 0 Å². The van der Waals surface area contributed by atoms with Gasteiger partial charge < -0.3 is 9.47 Å². The number of hydrogen-bond acceptors (Lipinski definition) is 4. The number of ether oxygens (including phenoxy) is 2. The van der Waals surface area contributed by atoms with E-state index >= 15 is 0 Å². The molecule has 4 nitrogen and oxygen atoms in total. The number of thiocarbonyl (C=S) groups is 1. The van der Waals surface area contributed by atoms with Crippen molar-refractivity contribution in [2.75, 3.05) is 20.3 Å². The Bertz CT molecular complexity index is 435. The molecule has 0 aromatic heterocycles. The van der Waals surface area contributed by atoms with E-state index in [1.165, 1.54) is 12.0 Å². The molecule has 1 fully saturated rings. The Morgan fingerprint density at radius 3 is 2.89 bits per heavy atom. The fourth-order valence-corrected chi connectivity index (χ4v) is 2.31. The lowest BCUT2D eigenvalue weighted by Gasteiger charge is -2.20. The van der Waals surface area contributed by atoms with E-state index in [0.29, 0.717) is 6.61 Å². The lowest BCUT2D eigenvalue weighted by molar-refractivity contribution is -0.132. The largest absolute Gasteiger partial charge is 0.468 e. The topological polar surface area (TPSA) is 38.8 Å². The summed E-state index contributed by atoms with van der Waals surface area (Å²) >= 11 is 5.05. The number of hydrogen-bond donors (Lipinski definition) is 0. The lowest BCUT2D eigenvalue weighted by Crippen LogP contribution is -2.41. The van der Waals surface area contributed by atoms with Crippen LogP contribution in [0.15, 0.2) is 30.3 Å². The molecule has 1 heterocycles. The fraction of sp³-hybridized carbons (Fsp3) is 0.385. The predicted molar refractivity (Wildman–Crippen MR) is 71.2 cm³/mol. The molecule has 18 heavy (non-hydrogen) atoms. The predicted octanol–water partition coefficient (Wildman–Crippen LogP) is 1.39. The zero-order chi connectivity index (χ0) is 13.0. The summed E-state index contributed by atoms with van der Waals surface area (Å²) in [7, 11) is 1.49. The average Bonchev–Trinajstić information content (AvgIpc) is 2.72. The molecule has 5 heteroatoms. The highest BCUT2D eigenvalue weighted by molar-refractivity contribution is 7.80. The summed E-state index contributed by atoms with van der Waals surface area (Å²) in [6, 6.07) is 9.94. The maximum Gasteiger partial charge on any atom is 0.266 e. The van der Waals surface area contributed by atoms with Gasteiger partial charge in [-0.25, -0.2) is 0 Å². The molecule has 0 bridgehead atoms. The van der Waals surface area contributed by atoms with Crippen LogP contribution in [0.25, 0.3) is 0 Å². The van der Waals surface area contributed by atoms with E-state index in [2.05, 4.69) is 0 Å². The smallest absolute Gasteiger partial charge is 0.266 e. The van der Waals surface area contributed by atoms with Gasteiger partial charge in [0.15, 0.2) is 0 Å². The van der Waals surface area contributed by atoms with Gasteiger partial charge in [-0.05, 0) is 24.2 Å². The summed E-state index contributed by atoms with van der Waals surface area (Å²) in [6.45, 7) is 0.470. The standard InChI is InChI=1S/C13H15NO3S/c1-16-9-12(15)14-11(8-17-13(14)18)7-10-5-3-2-4-6-10/h2-6,11H,7-9H2,1H3/t11-/m1/s1. The zero-order valence-corrected chi connectivity index (χ0v) is 11.0. The Hall–Kier alpha value is -1.46. The van der Waals surface area contributed by atoms with E-state index in [-0.39, 0.29) is 23.7 Å². The normalized spacial score (nSPS) is 18.8. The second kappa shape index (κ2) is 5.93. The molecule has 2 rings (SSSR count). The van der Waals surface area contributed by atoms with Gasteiger partial charge in [-0.3, -0.25) is 9.69 Å². The molecular weight excluding hydrogens is 250 g/mol. The molecule has 1 amide bonds. The van der Waals surface area contributed by atoms with Crippen molar-refractivity contribution in [3.8, 4) is 0 Å². The van der Waals surface area contributed by atoms with Gasteiger partial charge >= 0.3 is 0 Å². The molecule has 1 aliphatic rings. The van der Waals surface area contributed by atoms with Crippen LogP contribution in [0, 0.1) is 0 Å². The Balaban J connectivity index is 2.07. The first-order valence-electron chi connectivity index (χ1n) is 5.74. The molecule has 1 aromatic rings. The second-order valence-corrected chi connectivity index (χ2v) is 4.47. The molecule has 1 aliphatic heterocycles. The van der Waals surface area contributed by atoms with Crippen LogP contribution in [-0.2, 0) is 20.7 Å². The average molecular weight is 265 g/mol. The first-order chi connectivity index (χ1) is 8.72. The van der Waals surface area contributed by atoms with E-state index in [4.69, 9.17) is 21.7 Å². The van der Waals surface area contributed by atoms with Crippen molar-refractivity contribution >= 4 is 23.3 Å². The number of carbonyl (C=O) groups excluding carboxylic acids is 1. The quantitative estimate of drug-likeness (QED) is 0.771. The number of nitrogens with zero attached hydrogens (tertiary/aromatic N) is 1. The van der Waals surface area contributed by atoms with Gasteiger partial charge in [-0.15, -0.1) is 0 Å². The van der Waals surface area contributed by atoms with Gasteiger partial charge in [0.25, 0.3) is 11.1 Å². The van der Waals surface area contributed by atoms with Crippen molar-refractivity contribution in [3.63, 3.8) is 0 Å². The van der Waals surface area contributed by atoms with Crippen LogP contribution in [0.3, 0.4) is 0 Å². The Kier molecular flexibility index (Phi) is 4.28. The summed E-state index contributed by atoms with van der Waals surface area (Å²) in [4.78, 5) is 13.4. The summed E-state index contributed by atoms with van der Waals surface area (Å²) in [6.07, 6.45) is 0.733. The van der Waals surface area contributed by atoms with Gasteiger partial charge in [0.1, 0.15) is 13.2 Å². The molecule has 0 spiro atoms. The number of methoxy groups -OCH3 is 1. The first kappa shape index (κ1) is 13.0. The van der Waals surface area contributed by atoms with Crippen molar-refractivity contribution < 1.29 is 14.3 Å². The number of benzene rings is 1. The molecule has 0 aliphatic carbocycles. The number of rotatable bonds is 4.